The number of fused-ring (bicyclic) bond motifs is 1. The lowest BCUT2D eigenvalue weighted by atomic mass is 9.83. The fourth-order valence-corrected chi connectivity index (χ4v) is 5.36. The number of halogens is 2. The van der Waals surface area contributed by atoms with Gasteiger partial charge in [0, 0.05) is 24.8 Å². The first-order valence-corrected chi connectivity index (χ1v) is 11.3. The van der Waals surface area contributed by atoms with Gasteiger partial charge < -0.3 is 10.1 Å². The molecule has 1 saturated carbocycles. The number of amides is 1. The molecule has 1 aliphatic carbocycles. The van der Waals surface area contributed by atoms with Crippen molar-refractivity contribution in [2.45, 2.75) is 44.1 Å². The number of tetrazole rings is 1. The van der Waals surface area contributed by atoms with Crippen molar-refractivity contribution in [2.75, 3.05) is 11.9 Å². The molecule has 1 aliphatic heterocycles. The molecule has 1 aromatic carbocycles. The van der Waals surface area contributed by atoms with E-state index < -0.39 is 17.8 Å². The number of carbonyl (C=O) groups excluding carboxylic acids is 1. The molecule has 1 fully saturated rings. The zero-order valence-electron chi connectivity index (χ0n) is 17.4. The van der Waals surface area contributed by atoms with Crippen LogP contribution in [-0.2, 0) is 29.6 Å². The first-order valence-electron chi connectivity index (χ1n) is 10.5. The van der Waals surface area contributed by atoms with E-state index in [4.69, 9.17) is 4.74 Å². The van der Waals surface area contributed by atoms with Crippen molar-refractivity contribution >= 4 is 22.4 Å². The van der Waals surface area contributed by atoms with Crippen LogP contribution >= 0.6 is 11.3 Å². The summed E-state index contributed by atoms with van der Waals surface area (Å²) in [5, 5.41) is 15.4. The molecule has 0 bridgehead atoms. The first-order chi connectivity index (χ1) is 15.4. The Labute approximate surface area is 187 Å². The van der Waals surface area contributed by atoms with Gasteiger partial charge >= 0.3 is 0 Å². The summed E-state index contributed by atoms with van der Waals surface area (Å²) < 4.78 is 33.5. The molecule has 5 rings (SSSR count). The number of aryl methyl sites for hydroxylation is 1. The number of anilines is 1. The van der Waals surface area contributed by atoms with Crippen molar-refractivity contribution in [2.24, 2.45) is 13.0 Å². The molecule has 0 saturated heterocycles. The third-order valence-corrected chi connectivity index (χ3v) is 6.94. The van der Waals surface area contributed by atoms with Crippen LogP contribution in [0, 0.1) is 5.92 Å². The van der Waals surface area contributed by atoms with E-state index in [0.717, 1.165) is 16.1 Å². The summed E-state index contributed by atoms with van der Waals surface area (Å²) in [6, 6.07) is 7.15. The van der Waals surface area contributed by atoms with Gasteiger partial charge in [0.1, 0.15) is 0 Å². The predicted octanol–water partition coefficient (Wildman–Crippen LogP) is 3.56. The smallest absolute Gasteiger partial charge is 0.248 e. The molecule has 0 radical (unpaired) electrons. The van der Waals surface area contributed by atoms with Gasteiger partial charge in [-0.2, -0.15) is 4.80 Å². The molecule has 8 nitrogen and oxygen atoms in total. The molecule has 1 unspecified atom stereocenters. The highest BCUT2D eigenvalue weighted by Gasteiger charge is 2.45. The summed E-state index contributed by atoms with van der Waals surface area (Å²) in [5.74, 6) is -3.76. The molecule has 3 aromatic rings. The second-order valence-electron chi connectivity index (χ2n) is 8.24. The SMILES string of the molecule is Cn1nnc(-c2ccc(C(C(=O)Nc3nc4c(s3)COCC4)[C@H]3CCC(F)(F)C3)cc2)n1. The molecular weight excluding hydrogens is 438 g/mol. The second-order valence-corrected chi connectivity index (χ2v) is 9.33. The van der Waals surface area contributed by atoms with Crippen molar-refractivity contribution in [3.8, 4) is 11.4 Å². The van der Waals surface area contributed by atoms with Gasteiger partial charge in [-0.1, -0.05) is 35.6 Å². The molecule has 1 amide bonds. The number of ether oxygens (including phenoxy) is 1. The van der Waals surface area contributed by atoms with E-state index in [9.17, 15) is 13.6 Å². The predicted molar refractivity (Wildman–Crippen MR) is 113 cm³/mol. The van der Waals surface area contributed by atoms with Crippen molar-refractivity contribution in [1.29, 1.82) is 0 Å². The van der Waals surface area contributed by atoms with Gasteiger partial charge in [-0.3, -0.25) is 4.79 Å². The number of alkyl halides is 2. The molecule has 168 valence electrons. The average Bonchev–Trinajstić information content (AvgIpc) is 3.46. The number of thiazole rings is 1. The number of nitrogens with one attached hydrogen (secondary N) is 1. The minimum absolute atomic E-state index is 0.202. The second kappa shape index (κ2) is 8.28. The van der Waals surface area contributed by atoms with Crippen LogP contribution in [0.5, 0.6) is 0 Å². The highest BCUT2D eigenvalue weighted by atomic mass is 32.1. The summed E-state index contributed by atoms with van der Waals surface area (Å²) in [6.07, 6.45) is 0.491. The number of hydrogen-bond acceptors (Lipinski definition) is 7. The van der Waals surface area contributed by atoms with Crippen LogP contribution < -0.4 is 5.32 Å². The average molecular weight is 461 g/mol. The van der Waals surface area contributed by atoms with Gasteiger partial charge in [0.05, 0.1) is 36.8 Å². The van der Waals surface area contributed by atoms with E-state index in [2.05, 4.69) is 25.7 Å². The zero-order valence-corrected chi connectivity index (χ0v) is 18.2. The minimum atomic E-state index is -2.75. The monoisotopic (exact) mass is 460 g/mol. The summed E-state index contributed by atoms with van der Waals surface area (Å²) in [7, 11) is 1.67. The molecule has 2 aliphatic rings. The van der Waals surface area contributed by atoms with Crippen LogP contribution in [0.25, 0.3) is 11.4 Å². The molecular formula is C21H22F2N6O2S. The van der Waals surface area contributed by atoms with E-state index in [1.54, 1.807) is 31.3 Å². The molecule has 1 N–H and O–H groups in total. The fourth-order valence-electron chi connectivity index (χ4n) is 4.41. The van der Waals surface area contributed by atoms with Gasteiger partial charge in [0.25, 0.3) is 0 Å². The first kappa shape index (κ1) is 21.1. The Kier molecular flexibility index (Phi) is 5.46. The van der Waals surface area contributed by atoms with Crippen molar-refractivity contribution < 1.29 is 18.3 Å². The third kappa shape index (κ3) is 4.26. The highest BCUT2D eigenvalue weighted by molar-refractivity contribution is 7.15. The van der Waals surface area contributed by atoms with Gasteiger partial charge in [0.15, 0.2) is 5.13 Å². The Morgan fingerprint density at radius 2 is 2.16 bits per heavy atom. The number of aromatic nitrogens is 5. The van der Waals surface area contributed by atoms with Crippen LogP contribution in [-0.4, -0.2) is 43.6 Å². The van der Waals surface area contributed by atoms with Crippen molar-refractivity contribution in [1.82, 2.24) is 25.2 Å². The summed E-state index contributed by atoms with van der Waals surface area (Å²) in [6.45, 7) is 1.09. The van der Waals surface area contributed by atoms with Crippen molar-refractivity contribution in [3.05, 3.63) is 40.4 Å². The van der Waals surface area contributed by atoms with E-state index in [1.165, 1.54) is 16.1 Å². The zero-order chi connectivity index (χ0) is 22.3. The molecule has 32 heavy (non-hydrogen) atoms. The lowest BCUT2D eigenvalue weighted by molar-refractivity contribution is -0.118. The Hall–Kier alpha value is -2.79. The molecule has 3 heterocycles. The van der Waals surface area contributed by atoms with Crippen LogP contribution in [0.1, 0.15) is 41.3 Å². The van der Waals surface area contributed by atoms with Crippen molar-refractivity contribution in [3.63, 3.8) is 0 Å². The number of rotatable bonds is 5. The lowest BCUT2D eigenvalue weighted by Crippen LogP contribution is -2.27. The van der Waals surface area contributed by atoms with Crippen LogP contribution in [0.2, 0.25) is 0 Å². The summed E-state index contributed by atoms with van der Waals surface area (Å²) >= 11 is 1.38. The Morgan fingerprint density at radius 3 is 2.81 bits per heavy atom. The van der Waals surface area contributed by atoms with Gasteiger partial charge in [-0.05, 0) is 23.1 Å². The topological polar surface area (TPSA) is 94.8 Å². The van der Waals surface area contributed by atoms with E-state index in [1.807, 2.05) is 0 Å². The maximum atomic E-state index is 14.0. The van der Waals surface area contributed by atoms with Crippen LogP contribution in [0.15, 0.2) is 24.3 Å². The maximum absolute atomic E-state index is 14.0. The van der Waals surface area contributed by atoms with E-state index >= 15 is 0 Å². The lowest BCUT2D eigenvalue weighted by Gasteiger charge is -2.23. The number of benzene rings is 1. The quantitative estimate of drug-likeness (QED) is 0.626. The summed E-state index contributed by atoms with van der Waals surface area (Å²) in [5.41, 5.74) is 2.36. The fraction of sp³-hybridized carbons (Fsp3) is 0.476. The van der Waals surface area contributed by atoms with Gasteiger partial charge in [-0.15, -0.1) is 10.2 Å². The maximum Gasteiger partial charge on any atom is 0.248 e. The number of hydrogen-bond donors (Lipinski definition) is 1. The largest absolute Gasteiger partial charge is 0.375 e. The number of nitrogens with zero attached hydrogens (tertiary/aromatic N) is 5. The Balaban J connectivity index is 1.41. The molecule has 0 spiro atoms. The molecule has 2 aromatic heterocycles. The summed E-state index contributed by atoms with van der Waals surface area (Å²) in [4.78, 5) is 20.2. The third-order valence-electron chi connectivity index (χ3n) is 5.96. The Morgan fingerprint density at radius 1 is 1.34 bits per heavy atom. The van der Waals surface area contributed by atoms with Crippen LogP contribution in [0.4, 0.5) is 13.9 Å². The van der Waals surface area contributed by atoms with Gasteiger partial charge in [0.2, 0.25) is 17.7 Å². The molecule has 2 atom stereocenters. The van der Waals surface area contributed by atoms with Crippen LogP contribution in [0.3, 0.4) is 0 Å². The number of carbonyl (C=O) groups is 1. The van der Waals surface area contributed by atoms with E-state index in [0.29, 0.717) is 42.6 Å². The highest BCUT2D eigenvalue weighted by Crippen LogP contribution is 2.46. The normalized spacial score (nSPS) is 20.7. The van der Waals surface area contributed by atoms with Gasteiger partial charge in [-0.25, -0.2) is 13.8 Å². The Bertz CT molecular complexity index is 1110. The minimum Gasteiger partial charge on any atom is -0.375 e. The standard InChI is InChI=1S/C21H22F2N6O2S/c1-29-27-18(26-28-29)13-4-2-12(3-5-13)17(14-6-8-21(22,23)10-14)19(30)25-20-24-15-7-9-31-11-16(15)32-20/h2-5,14,17H,6-11H2,1H3,(H,24,25,30)/t14-,17?/m0/s1. The van der Waals surface area contributed by atoms with E-state index in [-0.39, 0.29) is 18.7 Å². The molecule has 11 heteroatoms.